The van der Waals surface area contributed by atoms with Crippen LogP contribution >= 0.6 is 23.2 Å². The van der Waals surface area contributed by atoms with Gasteiger partial charge >= 0.3 is 0 Å². The number of rotatable bonds is 11. The first kappa shape index (κ1) is 32.1. The molecule has 5 rings (SSSR count). The Kier molecular flexibility index (Phi) is 10.7. The summed E-state index contributed by atoms with van der Waals surface area (Å²) >= 11 is 12.6. The van der Waals surface area contributed by atoms with Crippen LogP contribution in [-0.4, -0.2) is 52.4 Å². The average molecular weight is 653 g/mol. The smallest absolute Gasteiger partial charge is 0.270 e. The maximum atomic E-state index is 13.2. The van der Waals surface area contributed by atoms with Gasteiger partial charge in [0.05, 0.1) is 25.8 Å². The molecule has 1 aliphatic rings. The zero-order chi connectivity index (χ0) is 31.2. The van der Waals surface area contributed by atoms with Crippen molar-refractivity contribution in [2.24, 2.45) is 0 Å². The first-order chi connectivity index (χ1) is 21.2. The van der Waals surface area contributed by atoms with Crippen molar-refractivity contribution in [2.45, 2.75) is 42.4 Å². The van der Waals surface area contributed by atoms with Crippen LogP contribution in [-0.2, 0) is 10.8 Å². The van der Waals surface area contributed by atoms with Gasteiger partial charge in [0.15, 0.2) is 0 Å². The number of halogens is 2. The van der Waals surface area contributed by atoms with E-state index >= 15 is 0 Å². The third-order valence-electron chi connectivity index (χ3n) is 8.56. The molecule has 1 amide bonds. The van der Waals surface area contributed by atoms with Crippen molar-refractivity contribution in [3.63, 3.8) is 0 Å². The molecule has 0 bridgehead atoms. The van der Waals surface area contributed by atoms with Gasteiger partial charge in [-0.15, -0.1) is 0 Å². The molecule has 230 valence electrons. The largest absolute Gasteiger partial charge is 0.352 e. The lowest BCUT2D eigenvalue weighted by atomic mass is 9.88. The molecule has 0 unspecified atom stereocenters. The first-order valence-corrected chi connectivity index (χ1v) is 17.1. The van der Waals surface area contributed by atoms with Crippen molar-refractivity contribution >= 4 is 56.4 Å². The van der Waals surface area contributed by atoms with Crippen LogP contribution in [0.25, 0.3) is 10.8 Å². The first-order valence-electron chi connectivity index (χ1n) is 14.8. The summed E-state index contributed by atoms with van der Waals surface area (Å²) in [6, 6.07) is 23.6. The van der Waals surface area contributed by atoms with Crippen molar-refractivity contribution in [3.8, 4) is 0 Å². The molecule has 4 aromatic rings. The summed E-state index contributed by atoms with van der Waals surface area (Å²) in [7, 11) is -1.00. The van der Waals surface area contributed by atoms with E-state index in [9.17, 15) is 19.1 Å². The Morgan fingerprint density at radius 3 is 2.50 bits per heavy atom. The maximum Gasteiger partial charge on any atom is 0.270 e. The van der Waals surface area contributed by atoms with Crippen LogP contribution in [0.3, 0.4) is 0 Å². The third kappa shape index (κ3) is 7.67. The highest BCUT2D eigenvalue weighted by Crippen LogP contribution is 2.34. The Labute approximate surface area is 270 Å². The third-order valence-corrected chi connectivity index (χ3v) is 10.3. The summed E-state index contributed by atoms with van der Waals surface area (Å²) in [5.41, 5.74) is 2.77. The Balaban J connectivity index is 1.22. The standard InChI is InChI=1S/C34H35Cl2N3O4S/c1-44(43)33-8-3-2-6-29(33)24-15-19-38(20-16-24)18-14-23(25-9-12-31(35)32(36)22-25)13-17-37-34(40)30-7-4-5-26-21-27(39(41)42)10-11-28(26)30/h2-12,21-24H,13-20H2,1H3,(H,37,40)/t23-,44-/m0/s1. The second-order valence-electron chi connectivity index (χ2n) is 11.3. The summed E-state index contributed by atoms with van der Waals surface area (Å²) < 4.78 is 12.3. The van der Waals surface area contributed by atoms with E-state index in [0.717, 1.165) is 49.4 Å². The van der Waals surface area contributed by atoms with Crippen molar-refractivity contribution in [3.05, 3.63) is 116 Å². The number of amides is 1. The van der Waals surface area contributed by atoms with Gasteiger partial charge in [0.2, 0.25) is 0 Å². The number of likely N-dealkylation sites (tertiary alicyclic amines) is 1. The highest BCUT2D eigenvalue weighted by molar-refractivity contribution is 7.84. The van der Waals surface area contributed by atoms with E-state index in [4.69, 9.17) is 23.2 Å². The fourth-order valence-corrected chi connectivity index (χ4v) is 7.31. The topological polar surface area (TPSA) is 92.6 Å². The van der Waals surface area contributed by atoms with E-state index in [1.165, 1.54) is 17.7 Å². The molecule has 44 heavy (non-hydrogen) atoms. The molecule has 0 saturated carbocycles. The van der Waals surface area contributed by atoms with Gasteiger partial charge in [-0.2, -0.15) is 0 Å². The summed E-state index contributed by atoms with van der Waals surface area (Å²) in [6.45, 7) is 3.31. The number of hydrogen-bond acceptors (Lipinski definition) is 5. The van der Waals surface area contributed by atoms with Gasteiger partial charge in [0, 0.05) is 35.4 Å². The molecule has 10 heteroatoms. The molecular formula is C34H35Cl2N3O4S. The molecule has 0 aliphatic carbocycles. The molecule has 0 spiro atoms. The molecular weight excluding hydrogens is 617 g/mol. The molecule has 0 aromatic heterocycles. The molecule has 1 saturated heterocycles. The van der Waals surface area contributed by atoms with Crippen LogP contribution in [0.1, 0.15) is 59.0 Å². The van der Waals surface area contributed by atoms with Crippen LogP contribution in [0.5, 0.6) is 0 Å². The lowest BCUT2D eigenvalue weighted by Crippen LogP contribution is -2.34. The molecule has 7 nitrogen and oxygen atoms in total. The number of hydrogen-bond donors (Lipinski definition) is 1. The van der Waals surface area contributed by atoms with Gasteiger partial charge in [0.25, 0.3) is 11.6 Å². The van der Waals surface area contributed by atoms with Gasteiger partial charge in [0.1, 0.15) is 0 Å². The fraction of sp³-hybridized carbons (Fsp3) is 0.324. The predicted octanol–water partition coefficient (Wildman–Crippen LogP) is 7.97. The van der Waals surface area contributed by atoms with Crippen LogP contribution < -0.4 is 5.32 Å². The van der Waals surface area contributed by atoms with E-state index in [2.05, 4.69) is 16.3 Å². The summed E-state index contributed by atoms with van der Waals surface area (Å²) in [6.07, 6.45) is 5.40. The molecule has 2 atom stereocenters. The van der Waals surface area contributed by atoms with Gasteiger partial charge < -0.3 is 10.2 Å². The lowest BCUT2D eigenvalue weighted by Gasteiger charge is -2.33. The Hall–Kier alpha value is -3.30. The van der Waals surface area contributed by atoms with Gasteiger partial charge in [-0.05, 0) is 109 Å². The number of nitro benzene ring substituents is 1. The Bertz CT molecular complexity index is 1690. The van der Waals surface area contributed by atoms with Crippen LogP contribution in [0.2, 0.25) is 10.0 Å². The monoisotopic (exact) mass is 651 g/mol. The zero-order valence-corrected chi connectivity index (χ0v) is 26.8. The molecule has 4 aromatic carbocycles. The number of carbonyl (C=O) groups excluding carboxylic acids is 1. The number of benzene rings is 4. The quantitative estimate of drug-likeness (QED) is 0.131. The SMILES string of the molecule is C[S@](=O)c1ccccc1C1CCN(CC[C@H](CCNC(=O)c2cccc3cc([N+](=O)[O-])ccc23)c2ccc(Cl)c(Cl)c2)CC1. The van der Waals surface area contributed by atoms with Gasteiger partial charge in [-0.3, -0.25) is 19.1 Å². The highest BCUT2D eigenvalue weighted by atomic mass is 35.5. The van der Waals surface area contributed by atoms with E-state index in [0.29, 0.717) is 45.3 Å². The maximum absolute atomic E-state index is 13.2. The molecule has 1 heterocycles. The fourth-order valence-electron chi connectivity index (χ4n) is 6.17. The lowest BCUT2D eigenvalue weighted by molar-refractivity contribution is -0.384. The van der Waals surface area contributed by atoms with E-state index in [1.807, 2.05) is 36.4 Å². The Morgan fingerprint density at radius 2 is 1.77 bits per heavy atom. The Morgan fingerprint density at radius 1 is 1.00 bits per heavy atom. The number of non-ortho nitro benzene ring substituents is 1. The normalized spacial score (nSPS) is 15.6. The molecule has 1 aliphatic heterocycles. The number of nitrogens with zero attached hydrogens (tertiary/aromatic N) is 2. The highest BCUT2D eigenvalue weighted by Gasteiger charge is 2.24. The minimum atomic E-state index is -1.00. The van der Waals surface area contributed by atoms with Crippen molar-refractivity contribution in [1.82, 2.24) is 10.2 Å². The average Bonchev–Trinajstić information content (AvgIpc) is 3.03. The van der Waals surface area contributed by atoms with E-state index < -0.39 is 15.7 Å². The van der Waals surface area contributed by atoms with Gasteiger partial charge in [-0.25, -0.2) is 0 Å². The van der Waals surface area contributed by atoms with Crippen LogP contribution in [0.4, 0.5) is 5.69 Å². The second kappa shape index (κ2) is 14.7. The molecule has 1 N–H and O–H groups in total. The van der Waals surface area contributed by atoms with Gasteiger partial charge in [-0.1, -0.05) is 59.6 Å². The van der Waals surface area contributed by atoms with Crippen LogP contribution in [0, 0.1) is 10.1 Å². The minimum absolute atomic E-state index is 0.00837. The summed E-state index contributed by atoms with van der Waals surface area (Å²) in [5, 5.41) is 16.6. The van der Waals surface area contributed by atoms with Crippen LogP contribution in [0.15, 0.2) is 83.8 Å². The van der Waals surface area contributed by atoms with E-state index in [1.54, 1.807) is 30.5 Å². The second-order valence-corrected chi connectivity index (χ2v) is 13.4. The molecule has 1 fully saturated rings. The number of piperidine rings is 1. The number of carbonyl (C=O) groups is 1. The van der Waals surface area contributed by atoms with Crippen molar-refractivity contribution < 1.29 is 13.9 Å². The van der Waals surface area contributed by atoms with Crippen molar-refractivity contribution in [2.75, 3.05) is 32.4 Å². The number of fused-ring (bicyclic) bond motifs is 1. The zero-order valence-electron chi connectivity index (χ0n) is 24.5. The number of nitrogens with one attached hydrogen (secondary N) is 1. The summed E-state index contributed by atoms with van der Waals surface area (Å²) in [4.78, 5) is 27.4. The summed E-state index contributed by atoms with van der Waals surface area (Å²) in [5.74, 6) is 0.349. The minimum Gasteiger partial charge on any atom is -0.352 e. The number of nitro groups is 1. The molecule has 0 radical (unpaired) electrons. The van der Waals surface area contributed by atoms with E-state index in [-0.39, 0.29) is 17.5 Å². The van der Waals surface area contributed by atoms with Crippen molar-refractivity contribution in [1.29, 1.82) is 0 Å². The predicted molar refractivity (Wildman–Crippen MR) is 179 cm³/mol.